The third-order valence-corrected chi connectivity index (χ3v) is 10.7. The number of aliphatic hydroxyl groups is 3. The first kappa shape index (κ1) is 36.9. The number of rotatable bonds is 10. The molecule has 5 atom stereocenters. The van der Waals surface area contributed by atoms with E-state index in [-0.39, 0.29) is 29.9 Å². The molecule has 50 heavy (non-hydrogen) atoms. The molecule has 6 N–H and O–H groups in total. The summed E-state index contributed by atoms with van der Waals surface area (Å²) in [6.07, 6.45) is -4.71. The predicted octanol–water partition coefficient (Wildman–Crippen LogP) is 0.516. The number of anilines is 2. The number of hydrogen-bond donors (Lipinski definition) is 6. The van der Waals surface area contributed by atoms with E-state index in [4.69, 9.17) is 9.47 Å². The smallest absolute Gasteiger partial charge is 0.414 e. The molecule has 1 saturated carbocycles. The summed E-state index contributed by atoms with van der Waals surface area (Å²) in [7, 11) is 1.63. The highest BCUT2D eigenvalue weighted by atomic mass is 32.2. The Bertz CT molecular complexity index is 1810. The average Bonchev–Trinajstić information content (AvgIpc) is 3.53. The van der Waals surface area contributed by atoms with E-state index >= 15 is 0 Å². The second-order valence-electron chi connectivity index (χ2n) is 12.5. The molecule has 3 heterocycles. The number of para-hydroxylation sites is 1. The molecular weight excluding hydrogens is 678 g/mol. The molecule has 19 heteroatoms. The van der Waals surface area contributed by atoms with Gasteiger partial charge in [0.25, 0.3) is 0 Å². The van der Waals surface area contributed by atoms with Crippen LogP contribution < -0.4 is 14.9 Å². The Kier molecular flexibility index (Phi) is 11.2. The van der Waals surface area contributed by atoms with Crippen molar-refractivity contribution in [1.82, 2.24) is 24.2 Å². The summed E-state index contributed by atoms with van der Waals surface area (Å²) in [5.41, 5.74) is 1.12. The Balaban J connectivity index is 1.24. The van der Waals surface area contributed by atoms with Crippen LogP contribution in [0.4, 0.5) is 21.1 Å². The van der Waals surface area contributed by atoms with Gasteiger partial charge in [-0.25, -0.2) is 37.5 Å². The lowest BCUT2D eigenvalue weighted by atomic mass is 9.86. The van der Waals surface area contributed by atoms with Crippen molar-refractivity contribution in [3.63, 3.8) is 0 Å². The normalized spacial score (nSPS) is 25.5. The minimum Gasteiger partial charge on any atom is -0.479 e. The molecule has 0 radical (unpaired) electrons. The number of aromatic nitrogens is 3. The molecule has 0 bridgehead atoms. The average molecular weight is 720 g/mol. The number of fused-ring (bicyclic) bond motifs is 1. The van der Waals surface area contributed by atoms with Gasteiger partial charge < -0.3 is 39.7 Å². The number of amides is 2. The van der Waals surface area contributed by atoms with Gasteiger partial charge in [-0.05, 0) is 56.3 Å². The van der Waals surface area contributed by atoms with Gasteiger partial charge in [0.1, 0.15) is 30.5 Å². The monoisotopic (exact) mass is 719 g/mol. The van der Waals surface area contributed by atoms with Crippen molar-refractivity contribution >= 4 is 50.7 Å². The summed E-state index contributed by atoms with van der Waals surface area (Å²) in [5, 5.41) is 42.4. The summed E-state index contributed by atoms with van der Waals surface area (Å²) in [6, 6.07) is 7.98. The van der Waals surface area contributed by atoms with E-state index in [1.807, 2.05) is 11.9 Å². The van der Waals surface area contributed by atoms with Gasteiger partial charge in [0.2, 0.25) is 16.3 Å². The number of nitrogens with one attached hydrogen (secondary N) is 2. The highest BCUT2D eigenvalue weighted by Crippen LogP contribution is 2.33. The molecule has 2 aliphatic rings. The first-order valence-corrected chi connectivity index (χ1v) is 17.6. The quantitative estimate of drug-likeness (QED) is 0.167. The number of aliphatic carboxylic acids is 1. The lowest BCUT2D eigenvalue weighted by molar-refractivity contribution is -0.277. The number of hydrogen-bond acceptors (Lipinski definition) is 13. The van der Waals surface area contributed by atoms with E-state index in [1.165, 1.54) is 22.8 Å². The molecule has 1 aliphatic carbocycles. The molecule has 1 aromatic carbocycles. The second kappa shape index (κ2) is 15.2. The van der Waals surface area contributed by atoms with E-state index in [9.17, 15) is 43.2 Å². The number of benzene rings is 1. The molecule has 2 amide bonds. The summed E-state index contributed by atoms with van der Waals surface area (Å²) in [5.74, 6) is -0.795. The third-order valence-electron chi connectivity index (χ3n) is 9.15. The zero-order chi connectivity index (χ0) is 36.3. The Labute approximate surface area is 287 Å². The zero-order valence-electron chi connectivity index (χ0n) is 27.6. The van der Waals surface area contributed by atoms with Gasteiger partial charge in [-0.2, -0.15) is 0 Å². The van der Waals surface area contributed by atoms with Crippen LogP contribution in [0.25, 0.3) is 11.0 Å². The van der Waals surface area contributed by atoms with Crippen molar-refractivity contribution in [2.24, 2.45) is 5.92 Å². The van der Waals surface area contributed by atoms with Crippen molar-refractivity contribution < 1.29 is 52.7 Å². The van der Waals surface area contributed by atoms with Crippen LogP contribution in [0.2, 0.25) is 0 Å². The summed E-state index contributed by atoms with van der Waals surface area (Å²) >= 11 is 0. The summed E-state index contributed by atoms with van der Waals surface area (Å²) < 4.78 is 37.8. The lowest BCUT2D eigenvalue weighted by Crippen LogP contribution is -2.60. The molecule has 3 aromatic rings. The van der Waals surface area contributed by atoms with Gasteiger partial charge >= 0.3 is 18.1 Å². The van der Waals surface area contributed by atoms with Crippen LogP contribution >= 0.6 is 0 Å². The second-order valence-corrected chi connectivity index (χ2v) is 14.4. The van der Waals surface area contributed by atoms with E-state index in [0.717, 1.165) is 25.7 Å². The van der Waals surface area contributed by atoms with E-state index in [2.05, 4.69) is 20.0 Å². The highest BCUT2D eigenvalue weighted by molar-refractivity contribution is 7.89. The molecular formula is C31H41N7O11S. The molecule has 272 valence electrons. The molecule has 2 aromatic heterocycles. The molecule has 1 aliphatic heterocycles. The standard InChI is InChI=1S/C31H41N7O11S/c1-32-50(46,47)15-17-8-10-19(11-9-17)37(3)26-20-12-13-38(27(20)34-16-33-26)31(45)36(2)14-18-6-4-5-7-21(18)35-30(44)49-29-24(41)22(39)23(40)25(48-29)28(42)43/h4-7,12-13,16-17,19,22-25,29,32,39-41H,8-11,14-15H2,1-3H3,(H,35,44)(H,42,43)/t17-,19-,22-,23-,24+,25-,29-/m0/s1. The SMILES string of the molecule is CNS(=O)(=O)C[C@H]1CC[C@H](N(C)c2ncnc3c2ccn3C(=O)N(C)Cc2ccccc2NC(=O)O[C@@H]2O[C@H](C(=O)O)[C@@H](O)[C@H](O)[C@H]2O)CC1. The predicted molar refractivity (Wildman–Crippen MR) is 178 cm³/mol. The van der Waals surface area contributed by atoms with E-state index in [1.54, 1.807) is 43.6 Å². The van der Waals surface area contributed by atoms with Crippen LogP contribution in [-0.2, 0) is 30.8 Å². The maximum Gasteiger partial charge on any atom is 0.414 e. The highest BCUT2D eigenvalue weighted by Gasteiger charge is 2.48. The molecule has 18 nitrogen and oxygen atoms in total. The number of ether oxygens (including phenoxy) is 2. The maximum absolute atomic E-state index is 13.7. The fourth-order valence-electron chi connectivity index (χ4n) is 6.32. The lowest BCUT2D eigenvalue weighted by Gasteiger charge is -2.37. The Morgan fingerprint density at radius 3 is 2.40 bits per heavy atom. The molecule has 2 fully saturated rings. The molecule has 5 rings (SSSR count). The van der Waals surface area contributed by atoms with Gasteiger partial charge in [0.15, 0.2) is 11.8 Å². The van der Waals surface area contributed by atoms with Crippen LogP contribution in [0.15, 0.2) is 42.9 Å². The number of sulfonamides is 1. The van der Waals surface area contributed by atoms with Crippen molar-refractivity contribution in [1.29, 1.82) is 0 Å². The number of nitrogens with zero attached hydrogens (tertiary/aromatic N) is 5. The summed E-state index contributed by atoms with van der Waals surface area (Å²) in [6.45, 7) is 0.0217. The van der Waals surface area contributed by atoms with Crippen LogP contribution in [0.1, 0.15) is 31.2 Å². The fraction of sp³-hybridized carbons (Fsp3) is 0.516. The third kappa shape index (κ3) is 7.98. The first-order valence-electron chi connectivity index (χ1n) is 15.9. The van der Waals surface area contributed by atoms with Crippen LogP contribution in [-0.4, -0.2) is 130 Å². The van der Waals surface area contributed by atoms with Crippen molar-refractivity contribution in [3.05, 3.63) is 48.4 Å². The number of carbonyl (C=O) groups excluding carboxylic acids is 2. The molecule has 1 saturated heterocycles. The molecule has 0 spiro atoms. The Morgan fingerprint density at radius 1 is 1.02 bits per heavy atom. The van der Waals surface area contributed by atoms with Gasteiger partial charge in [-0.1, -0.05) is 18.2 Å². The zero-order valence-corrected chi connectivity index (χ0v) is 28.4. The number of carboxylic acids is 1. The minimum atomic E-state index is -3.28. The van der Waals surface area contributed by atoms with Crippen LogP contribution in [0.3, 0.4) is 0 Å². The van der Waals surface area contributed by atoms with E-state index in [0.29, 0.717) is 22.4 Å². The maximum atomic E-state index is 13.7. The number of carbonyl (C=O) groups is 3. The van der Waals surface area contributed by atoms with E-state index < -0.39 is 58.8 Å². The minimum absolute atomic E-state index is 0.0217. The van der Waals surface area contributed by atoms with Gasteiger partial charge in [-0.15, -0.1) is 0 Å². The Morgan fingerprint density at radius 2 is 1.72 bits per heavy atom. The topological polar surface area (TPSA) is 246 Å². The van der Waals surface area contributed by atoms with Gasteiger partial charge in [0, 0.05) is 38.6 Å². The van der Waals surface area contributed by atoms with Crippen LogP contribution in [0, 0.1) is 5.92 Å². The fourth-order valence-corrected chi connectivity index (χ4v) is 7.44. The largest absolute Gasteiger partial charge is 0.479 e. The van der Waals surface area contributed by atoms with Crippen molar-refractivity contribution in [3.8, 4) is 0 Å². The number of carboxylic acid groups (broad SMARTS) is 1. The van der Waals surface area contributed by atoms with Gasteiger partial charge in [0.05, 0.1) is 11.1 Å². The Hall–Kier alpha value is -4.40. The van der Waals surface area contributed by atoms with Crippen molar-refractivity contribution in [2.45, 2.75) is 69.0 Å². The molecule has 0 unspecified atom stereocenters. The van der Waals surface area contributed by atoms with Gasteiger partial charge in [-0.3, -0.25) is 9.88 Å². The van der Waals surface area contributed by atoms with Crippen molar-refractivity contribution in [2.75, 3.05) is 37.1 Å². The first-order chi connectivity index (χ1) is 23.7. The number of aliphatic hydroxyl groups excluding tert-OH is 3. The summed E-state index contributed by atoms with van der Waals surface area (Å²) in [4.78, 5) is 50.1. The van der Waals surface area contributed by atoms with Crippen LogP contribution in [0.5, 0.6) is 0 Å².